The van der Waals surface area contributed by atoms with Crippen LogP contribution in [0.3, 0.4) is 0 Å². The van der Waals surface area contributed by atoms with Crippen molar-refractivity contribution in [3.05, 3.63) is 51.6 Å². The van der Waals surface area contributed by atoms with E-state index in [9.17, 15) is 20.1 Å². The van der Waals surface area contributed by atoms with Crippen molar-refractivity contribution < 1.29 is 29.6 Å². The molecule has 3 aliphatic rings. The van der Waals surface area contributed by atoms with Gasteiger partial charge in [0.25, 0.3) is 0 Å². The number of nitriles is 1. The summed E-state index contributed by atoms with van der Waals surface area (Å²) in [4.78, 5) is 12.4. The number of nitrogens with zero attached hydrogens (tertiary/aromatic N) is 1. The summed E-state index contributed by atoms with van der Waals surface area (Å²) in [5, 5.41) is 41.0. The van der Waals surface area contributed by atoms with Crippen molar-refractivity contribution in [3.63, 3.8) is 0 Å². The smallest absolute Gasteiger partial charge is 0.200 e. The zero-order valence-corrected chi connectivity index (χ0v) is 16.6. The van der Waals surface area contributed by atoms with Gasteiger partial charge in [-0.3, -0.25) is 4.79 Å². The Morgan fingerprint density at radius 3 is 2.79 bits per heavy atom. The van der Waals surface area contributed by atoms with Crippen molar-refractivity contribution in [2.45, 2.75) is 56.1 Å². The summed E-state index contributed by atoms with van der Waals surface area (Å²) in [6, 6.07) is 5.47. The number of aliphatic hydroxyl groups excluding tert-OH is 2. The minimum Gasteiger partial charge on any atom is -0.385 e. The summed E-state index contributed by atoms with van der Waals surface area (Å²) < 4.78 is 11.7. The molecule has 29 heavy (non-hydrogen) atoms. The molecule has 4 unspecified atom stereocenters. The maximum atomic E-state index is 12.4. The van der Waals surface area contributed by atoms with Crippen LogP contribution in [0.4, 0.5) is 0 Å². The molecule has 0 spiro atoms. The first-order valence-electron chi connectivity index (χ1n) is 9.19. The summed E-state index contributed by atoms with van der Waals surface area (Å²) >= 11 is 6.40. The van der Waals surface area contributed by atoms with E-state index in [2.05, 4.69) is 6.07 Å². The maximum absolute atomic E-state index is 12.4. The van der Waals surface area contributed by atoms with Crippen LogP contribution in [-0.4, -0.2) is 51.3 Å². The number of hydrogen-bond acceptors (Lipinski definition) is 7. The molecule has 2 aliphatic carbocycles. The van der Waals surface area contributed by atoms with Gasteiger partial charge in [-0.05, 0) is 37.1 Å². The Balaban J connectivity index is 1.78. The molecule has 3 N–H and O–H groups in total. The number of fused-ring (bicyclic) bond motifs is 3. The molecule has 0 radical (unpaired) electrons. The van der Waals surface area contributed by atoms with Crippen LogP contribution in [0.5, 0.6) is 0 Å². The molecule has 6 atom stereocenters. The highest BCUT2D eigenvalue weighted by molar-refractivity contribution is 6.32. The number of carbonyl (C=O) groups excluding carboxylic acids is 1. The van der Waals surface area contributed by atoms with Crippen LogP contribution in [-0.2, 0) is 26.3 Å². The average molecular weight is 418 g/mol. The number of ether oxygens (including phenoxy) is 2. The van der Waals surface area contributed by atoms with Crippen LogP contribution in [0, 0.1) is 11.3 Å². The van der Waals surface area contributed by atoms with Gasteiger partial charge < -0.3 is 24.8 Å². The number of hydrogen-bond donors (Lipinski definition) is 3. The average Bonchev–Trinajstić information content (AvgIpc) is 3.14. The second-order valence-corrected chi connectivity index (χ2v) is 8.14. The van der Waals surface area contributed by atoms with Crippen LogP contribution in [0.1, 0.15) is 30.5 Å². The van der Waals surface area contributed by atoms with E-state index in [-0.39, 0.29) is 6.42 Å². The van der Waals surface area contributed by atoms with Gasteiger partial charge >= 0.3 is 0 Å². The molecule has 1 heterocycles. The van der Waals surface area contributed by atoms with Crippen LogP contribution in [0.2, 0.25) is 5.02 Å². The van der Waals surface area contributed by atoms with Crippen LogP contribution in [0.15, 0.2) is 29.9 Å². The highest BCUT2D eigenvalue weighted by Gasteiger charge is 2.57. The standard InChI is InChI=1S/C21H20ClNO6/c1-10-20(2,27)18(26)17(25)19(28-10)29-21-12(3-4-16(21)24)9-13-14(21)7-11(5-6-23)8-15(13)22/h3-4,7-10,16-17,19,24-25,27H,5H2,1-2H3/t10?,16-,17?,19?,20?,21+/m0/s1. The molecule has 0 aromatic heterocycles. The van der Waals surface area contributed by atoms with E-state index in [1.165, 1.54) is 19.9 Å². The summed E-state index contributed by atoms with van der Waals surface area (Å²) in [6.45, 7) is 2.77. The molecular weight excluding hydrogens is 398 g/mol. The quantitative estimate of drug-likeness (QED) is 0.679. The first kappa shape index (κ1) is 20.2. The summed E-state index contributed by atoms with van der Waals surface area (Å²) in [5.74, 6) is -0.821. The fourth-order valence-corrected chi connectivity index (χ4v) is 4.38. The Kier molecular flexibility index (Phi) is 4.70. The lowest BCUT2D eigenvalue weighted by atomic mass is 9.86. The van der Waals surface area contributed by atoms with Gasteiger partial charge in [-0.2, -0.15) is 5.26 Å². The summed E-state index contributed by atoms with van der Waals surface area (Å²) in [7, 11) is 0. The van der Waals surface area contributed by atoms with E-state index in [1.807, 2.05) is 0 Å². The Labute approximate surface area is 172 Å². The van der Waals surface area contributed by atoms with Gasteiger partial charge in [0, 0.05) is 16.1 Å². The van der Waals surface area contributed by atoms with Gasteiger partial charge in [0.05, 0.1) is 18.6 Å². The van der Waals surface area contributed by atoms with Crippen LogP contribution < -0.4 is 0 Å². The molecule has 0 bridgehead atoms. The monoisotopic (exact) mass is 417 g/mol. The predicted octanol–water partition coefficient (Wildman–Crippen LogP) is 1.37. The molecular formula is C21H20ClNO6. The lowest BCUT2D eigenvalue weighted by molar-refractivity contribution is -0.297. The zero-order chi connectivity index (χ0) is 21.1. The van der Waals surface area contributed by atoms with Crippen molar-refractivity contribution in [1.82, 2.24) is 0 Å². The fourth-order valence-electron chi connectivity index (χ4n) is 4.08. The third kappa shape index (κ3) is 2.80. The SMILES string of the molecule is CC1OC(O[C@]23C(=Cc4c(Cl)cc(CC#N)cc42)C=C[C@@H]3O)C(O)C(=O)C1(C)O. The third-order valence-electron chi connectivity index (χ3n) is 5.93. The zero-order valence-electron chi connectivity index (χ0n) is 15.8. The van der Waals surface area contributed by atoms with E-state index < -0.39 is 41.6 Å². The fraction of sp³-hybridized carbons (Fsp3) is 0.429. The lowest BCUT2D eigenvalue weighted by Crippen LogP contribution is -2.63. The molecule has 8 heteroatoms. The molecule has 7 nitrogen and oxygen atoms in total. The number of halogens is 1. The second kappa shape index (κ2) is 6.74. The molecule has 0 saturated carbocycles. The molecule has 1 aliphatic heterocycles. The van der Waals surface area contributed by atoms with Gasteiger partial charge in [0.1, 0.15) is 11.7 Å². The van der Waals surface area contributed by atoms with Crippen molar-refractivity contribution in [2.75, 3.05) is 0 Å². The second-order valence-electron chi connectivity index (χ2n) is 7.73. The van der Waals surface area contributed by atoms with Gasteiger partial charge in [0.15, 0.2) is 23.8 Å². The van der Waals surface area contributed by atoms with Gasteiger partial charge in [-0.1, -0.05) is 29.8 Å². The number of aliphatic hydroxyl groups is 3. The topological polar surface area (TPSA) is 120 Å². The van der Waals surface area contributed by atoms with E-state index >= 15 is 0 Å². The third-order valence-corrected chi connectivity index (χ3v) is 6.25. The highest BCUT2D eigenvalue weighted by Crippen LogP contribution is 2.53. The molecule has 1 fully saturated rings. The summed E-state index contributed by atoms with van der Waals surface area (Å²) in [6.07, 6.45) is -0.135. The number of ketones is 1. The lowest BCUT2D eigenvalue weighted by Gasteiger charge is -2.44. The van der Waals surface area contributed by atoms with E-state index in [0.29, 0.717) is 27.3 Å². The normalized spacial score (nSPS) is 37.8. The molecule has 1 aromatic carbocycles. The number of rotatable bonds is 3. The minimum atomic E-state index is -1.86. The Morgan fingerprint density at radius 1 is 1.38 bits per heavy atom. The Morgan fingerprint density at radius 2 is 2.10 bits per heavy atom. The summed E-state index contributed by atoms with van der Waals surface area (Å²) in [5.41, 5.74) is -0.924. The van der Waals surface area contributed by atoms with Gasteiger partial charge in [0.2, 0.25) is 0 Å². The van der Waals surface area contributed by atoms with Gasteiger partial charge in [-0.15, -0.1) is 0 Å². The molecule has 0 amide bonds. The predicted molar refractivity (Wildman–Crippen MR) is 103 cm³/mol. The Hall–Kier alpha value is -2.05. The largest absolute Gasteiger partial charge is 0.385 e. The Bertz CT molecular complexity index is 994. The maximum Gasteiger partial charge on any atom is 0.200 e. The number of Topliss-reactive ketones (excluding diaryl/α,β-unsaturated/α-hetero) is 1. The van der Waals surface area contributed by atoms with E-state index in [4.69, 9.17) is 26.3 Å². The van der Waals surface area contributed by atoms with Crippen molar-refractivity contribution in [1.29, 1.82) is 5.26 Å². The number of benzene rings is 1. The molecule has 152 valence electrons. The van der Waals surface area contributed by atoms with Crippen molar-refractivity contribution >= 4 is 23.5 Å². The van der Waals surface area contributed by atoms with Crippen molar-refractivity contribution in [2.24, 2.45) is 0 Å². The number of carbonyl (C=O) groups is 1. The van der Waals surface area contributed by atoms with Crippen LogP contribution >= 0.6 is 11.6 Å². The molecule has 1 saturated heterocycles. The minimum absolute atomic E-state index is 0.114. The van der Waals surface area contributed by atoms with E-state index in [0.717, 1.165) is 0 Å². The van der Waals surface area contributed by atoms with Crippen LogP contribution in [0.25, 0.3) is 6.08 Å². The molecule has 4 rings (SSSR count). The van der Waals surface area contributed by atoms with E-state index in [1.54, 1.807) is 24.3 Å². The molecule has 1 aromatic rings. The van der Waals surface area contributed by atoms with Gasteiger partial charge in [-0.25, -0.2) is 0 Å². The highest BCUT2D eigenvalue weighted by atomic mass is 35.5. The first-order chi connectivity index (χ1) is 13.6. The van der Waals surface area contributed by atoms with Crippen molar-refractivity contribution in [3.8, 4) is 6.07 Å². The first-order valence-corrected chi connectivity index (χ1v) is 9.57.